The highest BCUT2D eigenvalue weighted by Gasteiger charge is 1.98. The van der Waals surface area contributed by atoms with Crippen LogP contribution >= 0.6 is 24.4 Å². The van der Waals surface area contributed by atoms with Gasteiger partial charge in [0.25, 0.3) is 0 Å². The van der Waals surface area contributed by atoms with Crippen molar-refractivity contribution in [1.82, 2.24) is 0 Å². The Labute approximate surface area is 87.0 Å². The first-order valence-corrected chi connectivity index (χ1v) is 5.45. The van der Waals surface area contributed by atoms with Gasteiger partial charge in [0.1, 0.15) is 0 Å². The summed E-state index contributed by atoms with van der Waals surface area (Å²) < 4.78 is 14.5. The van der Waals surface area contributed by atoms with E-state index < -0.39 is 0 Å². The van der Waals surface area contributed by atoms with Crippen molar-refractivity contribution in [3.8, 4) is 0 Å². The van der Waals surface area contributed by atoms with Gasteiger partial charge in [-0.25, -0.2) is 0 Å². The quantitative estimate of drug-likeness (QED) is 0.732. The molecule has 0 nitrogen and oxygen atoms in total. The molecule has 0 aliphatic carbocycles. The third-order valence-electron chi connectivity index (χ3n) is 1.69. The molecule has 0 N–H and O–H groups in total. The lowest BCUT2D eigenvalue weighted by Gasteiger charge is -2.05. The molecule has 0 saturated heterocycles. The SMILES string of the molecule is [3H]CSCc1ccccc1CC([3H])S. The van der Waals surface area contributed by atoms with E-state index in [9.17, 15) is 0 Å². The maximum absolute atomic E-state index is 7.41. The number of thioether (sulfide) groups is 1. The van der Waals surface area contributed by atoms with Gasteiger partial charge in [-0.1, -0.05) is 24.3 Å². The molecule has 12 heavy (non-hydrogen) atoms. The molecule has 2 heteroatoms. The van der Waals surface area contributed by atoms with E-state index >= 15 is 0 Å². The fraction of sp³-hybridized carbons (Fsp3) is 0.400. The van der Waals surface area contributed by atoms with Gasteiger partial charge >= 0.3 is 0 Å². The van der Waals surface area contributed by atoms with E-state index in [1.807, 2.05) is 18.2 Å². The van der Waals surface area contributed by atoms with Gasteiger partial charge in [0.2, 0.25) is 0 Å². The van der Waals surface area contributed by atoms with E-state index in [1.54, 1.807) is 11.8 Å². The fourth-order valence-corrected chi connectivity index (χ4v) is 1.80. The van der Waals surface area contributed by atoms with E-state index in [-0.39, 0.29) is 5.73 Å². The largest absolute Gasteiger partial charge is 0.179 e. The highest BCUT2D eigenvalue weighted by molar-refractivity contribution is 7.97. The maximum atomic E-state index is 7.41. The first kappa shape index (κ1) is 7.34. The minimum Gasteiger partial charge on any atom is -0.179 e. The van der Waals surface area contributed by atoms with Crippen molar-refractivity contribution in [2.45, 2.75) is 12.2 Å². The highest BCUT2D eigenvalue weighted by atomic mass is 32.2. The van der Waals surface area contributed by atoms with Crippen LogP contribution in [0.2, 0.25) is 0 Å². The van der Waals surface area contributed by atoms with E-state index in [1.165, 1.54) is 11.1 Å². The molecule has 0 fully saturated rings. The van der Waals surface area contributed by atoms with Crippen LogP contribution in [0.4, 0.5) is 0 Å². The molecular formula is C10H14S2. The maximum Gasteiger partial charge on any atom is 0.0381 e. The van der Waals surface area contributed by atoms with Gasteiger partial charge in [0, 0.05) is 8.49 Å². The van der Waals surface area contributed by atoms with Crippen LogP contribution in [0.3, 0.4) is 0 Å². The predicted octanol–water partition coefficient (Wildman–Crippen LogP) is 3.02. The van der Waals surface area contributed by atoms with Gasteiger partial charge in [-0.2, -0.15) is 24.4 Å². The van der Waals surface area contributed by atoms with E-state index in [4.69, 9.17) is 2.74 Å². The van der Waals surface area contributed by atoms with Crippen LogP contribution in [0.25, 0.3) is 0 Å². The van der Waals surface area contributed by atoms with Crippen molar-refractivity contribution < 1.29 is 2.74 Å². The molecule has 1 aromatic rings. The number of hydrogen-bond donors (Lipinski definition) is 1. The molecule has 0 spiro atoms. The van der Waals surface area contributed by atoms with Crippen LogP contribution in [0.15, 0.2) is 24.3 Å². The Morgan fingerprint density at radius 1 is 1.50 bits per heavy atom. The molecule has 1 rings (SSSR count). The standard InChI is InChI=1S/C10H14S2/c1-12-8-10-5-3-2-4-9(10)6-7-11/h2-5,11H,6-8H2,1H3/i1T,7T. The summed E-state index contributed by atoms with van der Waals surface area (Å²) in [4.78, 5) is 0. The molecule has 1 atom stereocenters. The smallest absolute Gasteiger partial charge is 0.0381 e. The van der Waals surface area contributed by atoms with Crippen molar-refractivity contribution in [2.75, 3.05) is 12.0 Å². The number of aryl methyl sites for hydroxylation is 1. The molecule has 66 valence electrons. The second-order valence-corrected chi connectivity index (χ2v) is 3.57. The van der Waals surface area contributed by atoms with Gasteiger partial charge in [-0.3, -0.25) is 0 Å². The van der Waals surface area contributed by atoms with Gasteiger partial charge in [0.05, 0.1) is 0 Å². The Hall–Kier alpha value is -0.0800. The summed E-state index contributed by atoms with van der Waals surface area (Å²) in [5, 5.41) is 0. The topological polar surface area (TPSA) is 0 Å². The summed E-state index contributed by atoms with van der Waals surface area (Å²) in [6, 6.07) is 8.09. The monoisotopic (exact) mass is 202 g/mol. The Morgan fingerprint density at radius 2 is 2.25 bits per heavy atom. The van der Waals surface area contributed by atoms with Gasteiger partial charge < -0.3 is 0 Å². The van der Waals surface area contributed by atoms with Crippen molar-refractivity contribution in [2.24, 2.45) is 0 Å². The summed E-state index contributed by atoms with van der Waals surface area (Å²) in [5.41, 5.74) is 2.07. The summed E-state index contributed by atoms with van der Waals surface area (Å²) in [7, 11) is 0. The van der Waals surface area contributed by atoms with Crippen LogP contribution in [0.1, 0.15) is 13.9 Å². The lowest BCUT2D eigenvalue weighted by molar-refractivity contribution is 1.12. The Kier molecular flexibility index (Phi) is 3.39. The Balaban J connectivity index is 2.69. The Bertz CT molecular complexity index is 277. The minimum absolute atomic E-state index is 0.350. The van der Waals surface area contributed by atoms with Crippen LogP contribution in [0, 0.1) is 0 Å². The lowest BCUT2D eigenvalue weighted by Crippen LogP contribution is -1.92. The molecule has 0 saturated carbocycles. The molecule has 0 radical (unpaired) electrons. The van der Waals surface area contributed by atoms with Crippen LogP contribution in [-0.4, -0.2) is 12.0 Å². The molecular weight excluding hydrogens is 184 g/mol. The average Bonchev–Trinajstić information content (AvgIpc) is 2.16. The molecule has 0 aliphatic rings. The summed E-state index contributed by atoms with van der Waals surface area (Å²) >= 11 is 5.65. The molecule has 0 aliphatic heterocycles. The van der Waals surface area contributed by atoms with Crippen molar-refractivity contribution in [3.05, 3.63) is 35.4 Å². The summed E-state index contributed by atoms with van der Waals surface area (Å²) in [6.07, 6.45) is 1.07. The Morgan fingerprint density at radius 3 is 2.92 bits per heavy atom. The van der Waals surface area contributed by atoms with Crippen molar-refractivity contribution in [1.29, 1.82) is 0 Å². The van der Waals surface area contributed by atoms with Crippen LogP contribution in [0.5, 0.6) is 0 Å². The first-order valence-electron chi connectivity index (χ1n) is 5.06. The number of benzene rings is 1. The summed E-state index contributed by atoms with van der Waals surface area (Å²) in [5.74, 6) is 0.861. The number of hydrogen-bond acceptors (Lipinski definition) is 2. The molecule has 1 aromatic carbocycles. The average molecular weight is 202 g/mol. The van der Waals surface area contributed by atoms with Gasteiger partial charge in [0.15, 0.2) is 0 Å². The van der Waals surface area contributed by atoms with Crippen molar-refractivity contribution >= 4 is 24.4 Å². The number of thiol groups is 1. The van der Waals surface area contributed by atoms with Crippen LogP contribution in [-0.2, 0) is 12.2 Å². The van der Waals surface area contributed by atoms with E-state index in [0.717, 1.165) is 5.75 Å². The lowest BCUT2D eigenvalue weighted by atomic mass is 10.1. The molecule has 0 bridgehead atoms. The minimum atomic E-state index is -0.350. The van der Waals surface area contributed by atoms with Crippen molar-refractivity contribution in [3.63, 3.8) is 0 Å². The zero-order valence-corrected chi connectivity index (χ0v) is 8.57. The van der Waals surface area contributed by atoms with Crippen LogP contribution < -0.4 is 0 Å². The van der Waals surface area contributed by atoms with Gasteiger partial charge in [-0.05, 0) is 29.5 Å². The summed E-state index contributed by atoms with van der Waals surface area (Å²) in [6.45, 7) is 0. The van der Waals surface area contributed by atoms with E-state index in [2.05, 4.69) is 18.7 Å². The zero-order valence-electron chi connectivity index (χ0n) is 8.86. The highest BCUT2D eigenvalue weighted by Crippen LogP contribution is 2.15. The predicted molar refractivity (Wildman–Crippen MR) is 61.2 cm³/mol. The van der Waals surface area contributed by atoms with Gasteiger partial charge in [-0.15, -0.1) is 0 Å². The fourth-order valence-electron chi connectivity index (χ4n) is 1.11. The third kappa shape index (κ3) is 2.76. The second kappa shape index (κ2) is 5.55. The second-order valence-electron chi connectivity index (χ2n) is 2.50. The molecule has 0 amide bonds. The molecule has 1 unspecified atom stereocenters. The first-order chi connectivity index (χ1) is 6.74. The number of rotatable bonds is 4. The normalized spacial score (nSPS) is 15.1. The zero-order chi connectivity index (χ0) is 10.4. The molecule has 0 heterocycles. The molecule has 0 aromatic heterocycles. The third-order valence-corrected chi connectivity index (χ3v) is 2.38. The van der Waals surface area contributed by atoms with E-state index in [0.29, 0.717) is 12.7 Å².